The van der Waals surface area contributed by atoms with Gasteiger partial charge in [0.2, 0.25) is 0 Å². The third-order valence-corrected chi connectivity index (χ3v) is 4.36. The molecule has 1 N–H and O–H groups in total. The van der Waals surface area contributed by atoms with Crippen molar-refractivity contribution in [3.63, 3.8) is 0 Å². The first-order chi connectivity index (χ1) is 12.3. The van der Waals surface area contributed by atoms with Crippen LogP contribution in [0.3, 0.4) is 0 Å². The molecule has 4 rings (SSSR count). The SMILES string of the molecule is OCCCn1c(COc2ccc3ccccc3c2)nc2ccccc21. The van der Waals surface area contributed by atoms with Gasteiger partial charge in [0.05, 0.1) is 11.0 Å². The Hall–Kier alpha value is -2.85. The van der Waals surface area contributed by atoms with Crippen LogP contribution in [0.2, 0.25) is 0 Å². The molecule has 0 atom stereocenters. The van der Waals surface area contributed by atoms with Crippen molar-refractivity contribution in [3.05, 3.63) is 72.6 Å². The van der Waals surface area contributed by atoms with Crippen molar-refractivity contribution in [3.8, 4) is 5.75 Å². The molecule has 0 aliphatic rings. The number of ether oxygens (including phenoxy) is 1. The topological polar surface area (TPSA) is 47.3 Å². The van der Waals surface area contributed by atoms with Gasteiger partial charge in [-0.2, -0.15) is 0 Å². The molecule has 0 saturated heterocycles. The predicted octanol–water partition coefficient (Wildman–Crippen LogP) is 4.15. The molecule has 3 aromatic carbocycles. The van der Waals surface area contributed by atoms with Crippen LogP contribution in [0.25, 0.3) is 21.8 Å². The molecule has 0 spiro atoms. The summed E-state index contributed by atoms with van der Waals surface area (Å²) < 4.78 is 8.14. The van der Waals surface area contributed by atoms with Crippen molar-refractivity contribution < 1.29 is 9.84 Å². The van der Waals surface area contributed by atoms with E-state index in [0.29, 0.717) is 13.0 Å². The quantitative estimate of drug-likeness (QED) is 0.577. The minimum Gasteiger partial charge on any atom is -0.486 e. The third kappa shape index (κ3) is 3.21. The molecule has 25 heavy (non-hydrogen) atoms. The smallest absolute Gasteiger partial charge is 0.147 e. The highest BCUT2D eigenvalue weighted by atomic mass is 16.5. The van der Waals surface area contributed by atoms with E-state index in [1.807, 2.05) is 36.4 Å². The molecule has 0 aliphatic heterocycles. The monoisotopic (exact) mass is 332 g/mol. The molecule has 126 valence electrons. The van der Waals surface area contributed by atoms with Crippen LogP contribution in [0.1, 0.15) is 12.2 Å². The van der Waals surface area contributed by atoms with Gasteiger partial charge >= 0.3 is 0 Å². The molecule has 0 aliphatic carbocycles. The summed E-state index contributed by atoms with van der Waals surface area (Å²) in [4.78, 5) is 4.70. The van der Waals surface area contributed by atoms with Crippen LogP contribution in [0.5, 0.6) is 5.75 Å². The highest BCUT2D eigenvalue weighted by Crippen LogP contribution is 2.22. The summed E-state index contributed by atoms with van der Waals surface area (Å²) in [5.74, 6) is 1.71. The Balaban J connectivity index is 1.60. The Morgan fingerprint density at radius 1 is 0.920 bits per heavy atom. The number of aromatic nitrogens is 2. The van der Waals surface area contributed by atoms with Gasteiger partial charge in [-0.1, -0.05) is 42.5 Å². The van der Waals surface area contributed by atoms with E-state index in [9.17, 15) is 5.11 Å². The molecular weight excluding hydrogens is 312 g/mol. The van der Waals surface area contributed by atoms with Crippen LogP contribution in [-0.4, -0.2) is 21.3 Å². The number of benzene rings is 3. The number of imidazole rings is 1. The summed E-state index contributed by atoms with van der Waals surface area (Å²) in [7, 11) is 0. The fourth-order valence-corrected chi connectivity index (χ4v) is 3.12. The highest BCUT2D eigenvalue weighted by molar-refractivity contribution is 5.83. The van der Waals surface area contributed by atoms with Gasteiger partial charge in [-0.15, -0.1) is 0 Å². The van der Waals surface area contributed by atoms with E-state index in [1.54, 1.807) is 0 Å². The van der Waals surface area contributed by atoms with Gasteiger partial charge in [0.1, 0.15) is 18.2 Å². The van der Waals surface area contributed by atoms with Crippen LogP contribution in [0.4, 0.5) is 0 Å². The maximum Gasteiger partial charge on any atom is 0.147 e. The standard InChI is InChI=1S/C21H20N2O2/c24-13-5-12-23-20-9-4-3-8-19(20)22-21(23)15-25-18-11-10-16-6-1-2-7-17(16)14-18/h1-4,6-11,14,24H,5,12-13,15H2. The number of aryl methyl sites for hydroxylation is 1. The first kappa shape index (κ1) is 15.7. The molecule has 1 aromatic heterocycles. The molecule has 1 heterocycles. The predicted molar refractivity (Wildman–Crippen MR) is 99.7 cm³/mol. The average Bonchev–Trinajstić information content (AvgIpc) is 3.02. The summed E-state index contributed by atoms with van der Waals surface area (Å²) >= 11 is 0. The molecule has 0 amide bonds. The summed E-state index contributed by atoms with van der Waals surface area (Å²) in [6, 6.07) is 22.4. The number of hydrogen-bond donors (Lipinski definition) is 1. The van der Waals surface area contributed by atoms with E-state index in [-0.39, 0.29) is 6.61 Å². The maximum absolute atomic E-state index is 9.17. The van der Waals surface area contributed by atoms with E-state index in [2.05, 4.69) is 34.9 Å². The Morgan fingerprint density at radius 2 is 1.72 bits per heavy atom. The molecule has 4 heteroatoms. The second-order valence-corrected chi connectivity index (χ2v) is 6.04. The lowest BCUT2D eigenvalue weighted by Crippen LogP contribution is -2.08. The van der Waals surface area contributed by atoms with Crippen molar-refractivity contribution in [2.75, 3.05) is 6.61 Å². The van der Waals surface area contributed by atoms with Gasteiger partial charge in [0, 0.05) is 13.2 Å². The molecular formula is C21H20N2O2. The van der Waals surface area contributed by atoms with Gasteiger partial charge in [-0.05, 0) is 41.5 Å². The molecule has 0 radical (unpaired) electrons. The summed E-state index contributed by atoms with van der Waals surface area (Å²) in [5.41, 5.74) is 2.03. The van der Waals surface area contributed by atoms with Crippen LogP contribution in [0, 0.1) is 0 Å². The molecule has 0 fully saturated rings. The van der Waals surface area contributed by atoms with E-state index < -0.39 is 0 Å². The molecule has 4 aromatic rings. The zero-order valence-electron chi connectivity index (χ0n) is 13.9. The number of rotatable bonds is 6. The van der Waals surface area contributed by atoms with Gasteiger partial charge in [0.25, 0.3) is 0 Å². The van der Waals surface area contributed by atoms with E-state index in [4.69, 9.17) is 9.72 Å². The Morgan fingerprint density at radius 3 is 2.60 bits per heavy atom. The minimum atomic E-state index is 0.164. The summed E-state index contributed by atoms with van der Waals surface area (Å²) in [6.07, 6.45) is 0.698. The first-order valence-electron chi connectivity index (χ1n) is 8.52. The second-order valence-electron chi connectivity index (χ2n) is 6.04. The first-order valence-corrected chi connectivity index (χ1v) is 8.52. The third-order valence-electron chi connectivity index (χ3n) is 4.36. The molecule has 0 unspecified atom stereocenters. The molecule has 4 nitrogen and oxygen atoms in total. The Bertz CT molecular complexity index is 1010. The zero-order valence-corrected chi connectivity index (χ0v) is 13.9. The lowest BCUT2D eigenvalue weighted by Gasteiger charge is -2.10. The summed E-state index contributed by atoms with van der Waals surface area (Å²) in [6.45, 7) is 1.29. The van der Waals surface area contributed by atoms with Crippen LogP contribution in [0.15, 0.2) is 66.7 Å². The van der Waals surface area contributed by atoms with E-state index in [1.165, 1.54) is 5.39 Å². The molecule has 0 saturated carbocycles. The molecule has 0 bridgehead atoms. The van der Waals surface area contributed by atoms with E-state index >= 15 is 0 Å². The fourth-order valence-electron chi connectivity index (χ4n) is 3.12. The van der Waals surface area contributed by atoms with Gasteiger partial charge in [0.15, 0.2) is 0 Å². The Kier molecular flexibility index (Phi) is 4.36. The van der Waals surface area contributed by atoms with Crippen molar-refractivity contribution in [2.45, 2.75) is 19.6 Å². The number of hydrogen-bond acceptors (Lipinski definition) is 3. The Labute approximate surface area is 146 Å². The number of fused-ring (bicyclic) bond motifs is 2. The summed E-state index contributed by atoms with van der Waals surface area (Å²) in [5, 5.41) is 11.5. The van der Waals surface area contributed by atoms with Gasteiger partial charge in [-0.3, -0.25) is 0 Å². The number of aliphatic hydroxyl groups is 1. The highest BCUT2D eigenvalue weighted by Gasteiger charge is 2.11. The zero-order chi connectivity index (χ0) is 17.1. The van der Waals surface area contributed by atoms with Crippen LogP contribution in [-0.2, 0) is 13.2 Å². The maximum atomic E-state index is 9.17. The number of para-hydroxylation sites is 2. The lowest BCUT2D eigenvalue weighted by molar-refractivity contribution is 0.270. The normalized spacial score (nSPS) is 11.2. The van der Waals surface area contributed by atoms with Crippen LogP contribution >= 0.6 is 0 Å². The van der Waals surface area contributed by atoms with Crippen molar-refractivity contribution in [1.29, 1.82) is 0 Å². The average molecular weight is 332 g/mol. The van der Waals surface area contributed by atoms with Crippen molar-refractivity contribution in [1.82, 2.24) is 9.55 Å². The van der Waals surface area contributed by atoms with E-state index in [0.717, 1.165) is 34.5 Å². The number of aliphatic hydroxyl groups excluding tert-OH is 1. The minimum absolute atomic E-state index is 0.164. The number of nitrogens with zero attached hydrogens (tertiary/aromatic N) is 2. The lowest BCUT2D eigenvalue weighted by atomic mass is 10.1. The van der Waals surface area contributed by atoms with Crippen molar-refractivity contribution in [2.24, 2.45) is 0 Å². The van der Waals surface area contributed by atoms with Gasteiger partial charge < -0.3 is 14.4 Å². The van der Waals surface area contributed by atoms with Crippen molar-refractivity contribution >= 4 is 21.8 Å². The fraction of sp³-hybridized carbons (Fsp3) is 0.190. The largest absolute Gasteiger partial charge is 0.486 e. The van der Waals surface area contributed by atoms with Crippen LogP contribution < -0.4 is 4.74 Å². The second kappa shape index (κ2) is 6.95. The van der Waals surface area contributed by atoms with Gasteiger partial charge in [-0.25, -0.2) is 4.98 Å².